The Hall–Kier alpha value is -2.05. The zero-order valence-corrected chi connectivity index (χ0v) is 13.7. The molecule has 1 N–H and O–H groups in total. The number of halogens is 4. The number of alkyl halides is 3. The van der Waals surface area contributed by atoms with Crippen LogP contribution in [0.5, 0.6) is 0 Å². The molecule has 1 heterocycles. The molecule has 2 nitrogen and oxygen atoms in total. The molecule has 1 aromatic heterocycles. The van der Waals surface area contributed by atoms with Crippen LogP contribution in [0.15, 0.2) is 48.5 Å². The Morgan fingerprint density at radius 1 is 1.08 bits per heavy atom. The number of amides is 1. The number of fused-ring (bicyclic) bond motifs is 1. The highest BCUT2D eigenvalue weighted by Crippen LogP contribution is 2.35. The molecular weight excluding hydrogens is 359 g/mol. The van der Waals surface area contributed by atoms with E-state index in [4.69, 9.17) is 11.6 Å². The quantitative estimate of drug-likeness (QED) is 0.648. The van der Waals surface area contributed by atoms with E-state index in [-0.39, 0.29) is 12.5 Å². The molecule has 0 unspecified atom stereocenters. The average molecular weight is 370 g/mol. The van der Waals surface area contributed by atoms with Gasteiger partial charge in [0.1, 0.15) is 4.88 Å². The van der Waals surface area contributed by atoms with E-state index < -0.39 is 11.7 Å². The number of hydrogen-bond acceptors (Lipinski definition) is 2. The minimum absolute atomic E-state index is 0.127. The maximum atomic E-state index is 12.5. The Morgan fingerprint density at radius 2 is 1.75 bits per heavy atom. The molecule has 0 aliphatic carbocycles. The van der Waals surface area contributed by atoms with Crippen LogP contribution in [0, 0.1) is 0 Å². The van der Waals surface area contributed by atoms with Gasteiger partial charge in [0.2, 0.25) is 0 Å². The van der Waals surface area contributed by atoms with Crippen LogP contribution < -0.4 is 5.32 Å². The fourth-order valence-electron chi connectivity index (χ4n) is 2.23. The first kappa shape index (κ1) is 16.8. The molecule has 3 rings (SSSR count). The summed E-state index contributed by atoms with van der Waals surface area (Å²) in [5, 5.41) is 3.88. The van der Waals surface area contributed by atoms with Crippen LogP contribution in [0.2, 0.25) is 5.02 Å². The standard InChI is InChI=1S/C17H11ClF3NOS/c18-14-12-3-1-2-4-13(12)24-15(14)16(23)22-9-10-5-7-11(8-6-10)17(19,20)21/h1-8H,9H2,(H,22,23). The van der Waals surface area contributed by atoms with Gasteiger partial charge in [0.25, 0.3) is 5.91 Å². The van der Waals surface area contributed by atoms with E-state index in [0.29, 0.717) is 15.5 Å². The second-order valence-electron chi connectivity index (χ2n) is 5.12. The molecule has 0 aliphatic rings. The second-order valence-corrected chi connectivity index (χ2v) is 6.55. The van der Waals surface area contributed by atoms with Gasteiger partial charge in [-0.15, -0.1) is 11.3 Å². The maximum absolute atomic E-state index is 12.5. The minimum atomic E-state index is -4.37. The molecule has 0 saturated heterocycles. The van der Waals surface area contributed by atoms with E-state index >= 15 is 0 Å². The van der Waals surface area contributed by atoms with Crippen molar-refractivity contribution in [3.05, 3.63) is 69.6 Å². The van der Waals surface area contributed by atoms with Gasteiger partial charge in [0.15, 0.2) is 0 Å². The Balaban J connectivity index is 1.72. The molecule has 0 atom stereocenters. The first-order valence-corrected chi connectivity index (χ1v) is 8.17. The molecule has 0 bridgehead atoms. The Labute approximate surface area is 144 Å². The minimum Gasteiger partial charge on any atom is -0.347 e. The van der Waals surface area contributed by atoms with Crippen LogP contribution in [-0.4, -0.2) is 5.91 Å². The zero-order valence-electron chi connectivity index (χ0n) is 12.2. The average Bonchev–Trinajstić information content (AvgIpc) is 2.90. The van der Waals surface area contributed by atoms with Crippen molar-refractivity contribution in [2.45, 2.75) is 12.7 Å². The van der Waals surface area contributed by atoms with Crippen LogP contribution in [0.4, 0.5) is 13.2 Å². The molecule has 124 valence electrons. The molecule has 0 fully saturated rings. The molecule has 1 amide bonds. The molecule has 0 spiro atoms. The number of hydrogen-bond donors (Lipinski definition) is 1. The predicted molar refractivity (Wildman–Crippen MR) is 89.4 cm³/mol. The summed E-state index contributed by atoms with van der Waals surface area (Å²) in [6.07, 6.45) is -4.37. The third-order valence-corrected chi connectivity index (χ3v) is 5.15. The lowest BCUT2D eigenvalue weighted by molar-refractivity contribution is -0.137. The lowest BCUT2D eigenvalue weighted by Gasteiger charge is -2.08. The summed E-state index contributed by atoms with van der Waals surface area (Å²) in [6, 6.07) is 12.1. The third kappa shape index (κ3) is 3.39. The lowest BCUT2D eigenvalue weighted by atomic mass is 10.1. The molecule has 24 heavy (non-hydrogen) atoms. The molecule has 7 heteroatoms. The van der Waals surface area contributed by atoms with E-state index in [1.807, 2.05) is 24.3 Å². The van der Waals surface area contributed by atoms with E-state index in [9.17, 15) is 18.0 Å². The van der Waals surface area contributed by atoms with E-state index in [1.165, 1.54) is 23.5 Å². The SMILES string of the molecule is O=C(NCc1ccc(C(F)(F)F)cc1)c1sc2ccccc2c1Cl. The number of benzene rings is 2. The highest BCUT2D eigenvalue weighted by molar-refractivity contribution is 7.21. The first-order valence-electron chi connectivity index (χ1n) is 6.97. The van der Waals surface area contributed by atoms with Crippen molar-refractivity contribution < 1.29 is 18.0 Å². The summed E-state index contributed by atoms with van der Waals surface area (Å²) < 4.78 is 38.5. The molecular formula is C17H11ClF3NOS. The largest absolute Gasteiger partial charge is 0.416 e. The van der Waals surface area contributed by atoms with Crippen LogP contribution in [0.1, 0.15) is 20.8 Å². The molecule has 2 aromatic carbocycles. The van der Waals surface area contributed by atoms with Gasteiger partial charge in [-0.3, -0.25) is 4.79 Å². The highest BCUT2D eigenvalue weighted by Gasteiger charge is 2.29. The monoisotopic (exact) mass is 369 g/mol. The fourth-order valence-corrected chi connectivity index (χ4v) is 3.67. The molecule has 3 aromatic rings. The van der Waals surface area contributed by atoms with Crippen LogP contribution >= 0.6 is 22.9 Å². The van der Waals surface area contributed by atoms with Crippen molar-refractivity contribution in [1.82, 2.24) is 5.32 Å². The van der Waals surface area contributed by atoms with Gasteiger partial charge in [-0.25, -0.2) is 0 Å². The van der Waals surface area contributed by atoms with Gasteiger partial charge in [-0.2, -0.15) is 13.2 Å². The zero-order chi connectivity index (χ0) is 17.3. The highest BCUT2D eigenvalue weighted by atomic mass is 35.5. The van der Waals surface area contributed by atoms with E-state index in [0.717, 1.165) is 22.2 Å². The van der Waals surface area contributed by atoms with Crippen LogP contribution in [0.25, 0.3) is 10.1 Å². The van der Waals surface area contributed by atoms with Crippen LogP contribution in [-0.2, 0) is 12.7 Å². The number of carbonyl (C=O) groups excluding carboxylic acids is 1. The van der Waals surface area contributed by atoms with E-state index in [2.05, 4.69) is 5.32 Å². The van der Waals surface area contributed by atoms with Crippen LogP contribution in [0.3, 0.4) is 0 Å². The van der Waals surface area contributed by atoms with Crippen molar-refractivity contribution in [2.75, 3.05) is 0 Å². The predicted octanol–water partition coefficient (Wildman–Crippen LogP) is 5.50. The van der Waals surface area contributed by atoms with Gasteiger partial charge in [-0.05, 0) is 23.8 Å². The topological polar surface area (TPSA) is 29.1 Å². The van der Waals surface area contributed by atoms with Crippen molar-refractivity contribution in [3.63, 3.8) is 0 Å². The van der Waals surface area contributed by atoms with Gasteiger partial charge in [0.05, 0.1) is 10.6 Å². The van der Waals surface area contributed by atoms with Crippen molar-refractivity contribution >= 4 is 38.9 Å². The Kier molecular flexibility index (Phi) is 4.51. The smallest absolute Gasteiger partial charge is 0.347 e. The summed E-state index contributed by atoms with van der Waals surface area (Å²) in [5.74, 6) is -0.346. The molecule has 0 saturated carbocycles. The van der Waals surface area contributed by atoms with Gasteiger partial charge in [0, 0.05) is 16.6 Å². The lowest BCUT2D eigenvalue weighted by Crippen LogP contribution is -2.22. The summed E-state index contributed by atoms with van der Waals surface area (Å²) in [6.45, 7) is 0.127. The van der Waals surface area contributed by atoms with Gasteiger partial charge < -0.3 is 5.32 Å². The summed E-state index contributed by atoms with van der Waals surface area (Å²) >= 11 is 7.51. The number of rotatable bonds is 3. The summed E-state index contributed by atoms with van der Waals surface area (Å²) in [4.78, 5) is 12.7. The van der Waals surface area contributed by atoms with Crippen molar-refractivity contribution in [1.29, 1.82) is 0 Å². The number of carbonyl (C=O) groups is 1. The van der Waals surface area contributed by atoms with Gasteiger partial charge >= 0.3 is 6.18 Å². The Morgan fingerprint density at radius 3 is 2.38 bits per heavy atom. The summed E-state index contributed by atoms with van der Waals surface area (Å²) in [7, 11) is 0. The fraction of sp³-hybridized carbons (Fsp3) is 0.118. The second kappa shape index (κ2) is 6.45. The first-order chi connectivity index (χ1) is 11.4. The van der Waals surface area contributed by atoms with Gasteiger partial charge in [-0.1, -0.05) is 41.9 Å². The molecule has 0 radical (unpaired) electrons. The van der Waals surface area contributed by atoms with Crippen molar-refractivity contribution in [2.24, 2.45) is 0 Å². The number of nitrogens with one attached hydrogen (secondary N) is 1. The summed E-state index contributed by atoms with van der Waals surface area (Å²) in [5.41, 5.74) is -0.140. The molecule has 0 aliphatic heterocycles. The Bertz CT molecular complexity index is 887. The maximum Gasteiger partial charge on any atom is 0.416 e. The van der Waals surface area contributed by atoms with Crippen molar-refractivity contribution in [3.8, 4) is 0 Å². The third-order valence-electron chi connectivity index (χ3n) is 3.48. The normalized spacial score (nSPS) is 11.7. The number of thiophene rings is 1. The van der Waals surface area contributed by atoms with E-state index in [1.54, 1.807) is 0 Å².